The molecule has 2 aromatic rings. The number of hydrogen-bond donors (Lipinski definition) is 1. The van der Waals surface area contributed by atoms with Gasteiger partial charge in [-0.05, 0) is 80.2 Å². The smallest absolute Gasteiger partial charge is 0.381 e. The van der Waals surface area contributed by atoms with Crippen LogP contribution in [-0.4, -0.2) is 54.0 Å². The molecule has 34 heavy (non-hydrogen) atoms. The van der Waals surface area contributed by atoms with E-state index in [0.29, 0.717) is 28.9 Å². The lowest BCUT2D eigenvalue weighted by Crippen LogP contribution is -2.32. The molecule has 1 saturated carbocycles. The molecule has 9 heteroatoms. The minimum atomic E-state index is -4.57. The molecule has 1 aromatic heterocycles. The van der Waals surface area contributed by atoms with Crippen LogP contribution in [0.3, 0.4) is 0 Å². The fraction of sp³-hybridized carbons (Fsp3) is 0.600. The highest BCUT2D eigenvalue weighted by Gasteiger charge is 2.43. The average molecular weight is 479 g/mol. The topological polar surface area (TPSA) is 50.3 Å². The normalized spacial score (nSPS) is 26.1. The average Bonchev–Trinajstić information content (AvgIpc) is 3.32. The molecule has 184 valence electrons. The number of benzene rings is 1. The molecule has 3 heterocycles. The van der Waals surface area contributed by atoms with Gasteiger partial charge >= 0.3 is 6.18 Å². The van der Waals surface area contributed by atoms with Crippen molar-refractivity contribution in [3.8, 4) is 11.3 Å². The highest BCUT2D eigenvalue weighted by molar-refractivity contribution is 5.65. The van der Waals surface area contributed by atoms with Crippen molar-refractivity contribution in [2.24, 2.45) is 17.8 Å². The van der Waals surface area contributed by atoms with E-state index in [1.165, 1.54) is 18.2 Å². The van der Waals surface area contributed by atoms with Gasteiger partial charge in [0.1, 0.15) is 11.4 Å². The zero-order chi connectivity index (χ0) is 23.9. The summed E-state index contributed by atoms with van der Waals surface area (Å²) in [6.07, 6.45) is -0.667. The van der Waals surface area contributed by atoms with Crippen molar-refractivity contribution >= 4 is 5.82 Å². The van der Waals surface area contributed by atoms with Crippen molar-refractivity contribution in [3.05, 3.63) is 41.2 Å². The zero-order valence-electron chi connectivity index (χ0n) is 19.2. The largest absolute Gasteiger partial charge is 0.420 e. The molecular weight excluding hydrogens is 448 g/mol. The molecular formula is C25H30F4N4O. The molecule has 0 amide bonds. The van der Waals surface area contributed by atoms with E-state index < -0.39 is 17.6 Å². The van der Waals surface area contributed by atoms with Gasteiger partial charge < -0.3 is 15.0 Å². The third-order valence-corrected chi connectivity index (χ3v) is 7.59. The van der Waals surface area contributed by atoms with Gasteiger partial charge in [0.25, 0.3) is 0 Å². The maximum absolute atomic E-state index is 13.9. The number of halogens is 4. The van der Waals surface area contributed by atoms with E-state index in [1.54, 1.807) is 6.92 Å². The van der Waals surface area contributed by atoms with Gasteiger partial charge in [-0.3, -0.25) is 0 Å². The number of nitrogens with zero attached hydrogens (tertiary/aromatic N) is 3. The predicted octanol–water partition coefficient (Wildman–Crippen LogP) is 5.16. The number of aromatic nitrogens is 2. The van der Waals surface area contributed by atoms with Crippen molar-refractivity contribution in [2.75, 3.05) is 38.2 Å². The van der Waals surface area contributed by atoms with Gasteiger partial charge in [-0.1, -0.05) is 0 Å². The number of rotatable bonds is 5. The molecule has 3 aliphatic rings. The van der Waals surface area contributed by atoms with Crippen LogP contribution in [0, 0.1) is 30.5 Å². The van der Waals surface area contributed by atoms with E-state index in [2.05, 4.69) is 20.4 Å². The van der Waals surface area contributed by atoms with Gasteiger partial charge in [-0.2, -0.15) is 13.2 Å². The number of likely N-dealkylation sites (tertiary alicyclic amines) is 1. The van der Waals surface area contributed by atoms with E-state index in [9.17, 15) is 17.6 Å². The molecule has 2 saturated heterocycles. The van der Waals surface area contributed by atoms with Gasteiger partial charge in [-0.15, -0.1) is 10.2 Å². The van der Waals surface area contributed by atoms with E-state index in [4.69, 9.17) is 4.74 Å². The molecule has 1 aliphatic carbocycles. The van der Waals surface area contributed by atoms with E-state index in [-0.39, 0.29) is 17.6 Å². The maximum Gasteiger partial charge on any atom is 0.420 e. The molecule has 0 spiro atoms. The van der Waals surface area contributed by atoms with Crippen LogP contribution in [0.5, 0.6) is 0 Å². The van der Waals surface area contributed by atoms with Crippen molar-refractivity contribution in [2.45, 2.75) is 44.8 Å². The highest BCUT2D eigenvalue weighted by Crippen LogP contribution is 2.42. The maximum atomic E-state index is 13.9. The van der Waals surface area contributed by atoms with Crippen LogP contribution in [0.15, 0.2) is 24.3 Å². The summed E-state index contributed by atoms with van der Waals surface area (Å²) in [5.41, 5.74) is 0.199. The van der Waals surface area contributed by atoms with Crippen LogP contribution in [0.25, 0.3) is 11.3 Å². The third kappa shape index (κ3) is 5.05. The minimum absolute atomic E-state index is 0.0472. The van der Waals surface area contributed by atoms with Crippen LogP contribution in [-0.2, 0) is 10.9 Å². The van der Waals surface area contributed by atoms with Gasteiger partial charge in [-0.25, -0.2) is 4.39 Å². The third-order valence-electron chi connectivity index (χ3n) is 7.59. The first-order valence-corrected chi connectivity index (χ1v) is 12.0. The number of ether oxygens (including phenoxy) is 1. The summed E-state index contributed by atoms with van der Waals surface area (Å²) in [6, 6.07) is 4.90. The highest BCUT2D eigenvalue weighted by atomic mass is 19.4. The Bertz CT molecular complexity index is 1010. The molecule has 3 atom stereocenters. The first kappa shape index (κ1) is 23.5. The fourth-order valence-corrected chi connectivity index (χ4v) is 5.91. The Morgan fingerprint density at radius 1 is 1.06 bits per heavy atom. The lowest BCUT2D eigenvalue weighted by molar-refractivity contribution is -0.137. The summed E-state index contributed by atoms with van der Waals surface area (Å²) in [5.74, 6) is 1.03. The molecule has 2 aliphatic heterocycles. The second kappa shape index (κ2) is 9.41. The molecule has 0 unspecified atom stereocenters. The number of nitrogens with one attached hydrogen (secondary N) is 1. The van der Waals surface area contributed by atoms with Gasteiger partial charge in [0.05, 0.1) is 5.69 Å². The quantitative estimate of drug-likeness (QED) is 0.602. The first-order valence-electron chi connectivity index (χ1n) is 12.0. The second-order valence-electron chi connectivity index (χ2n) is 10.1. The fourth-order valence-electron chi connectivity index (χ4n) is 5.91. The van der Waals surface area contributed by atoms with Crippen LogP contribution < -0.4 is 5.32 Å². The number of aryl methyl sites for hydroxylation is 1. The summed E-state index contributed by atoms with van der Waals surface area (Å²) in [4.78, 5) is 2.53. The van der Waals surface area contributed by atoms with Gasteiger partial charge in [0.2, 0.25) is 0 Å². The Kier molecular flexibility index (Phi) is 6.50. The summed E-state index contributed by atoms with van der Waals surface area (Å²) in [7, 11) is 0. The van der Waals surface area contributed by atoms with Crippen LogP contribution in [0.4, 0.5) is 23.4 Å². The first-order chi connectivity index (χ1) is 16.3. The van der Waals surface area contributed by atoms with Crippen molar-refractivity contribution in [3.63, 3.8) is 0 Å². The zero-order valence-corrected chi connectivity index (χ0v) is 19.2. The lowest BCUT2D eigenvalue weighted by atomic mass is 10.00. The van der Waals surface area contributed by atoms with Crippen molar-refractivity contribution < 1.29 is 22.3 Å². The van der Waals surface area contributed by atoms with Crippen molar-refractivity contribution in [1.82, 2.24) is 15.1 Å². The minimum Gasteiger partial charge on any atom is -0.381 e. The SMILES string of the molecule is Cc1cc(F)ccc1-c1cc(C(F)(F)F)c(N[C@@H]2C[C@@H]3CN(CC4CCOCC4)C[C@@H]3C2)nn1. The van der Waals surface area contributed by atoms with Crippen LogP contribution >= 0.6 is 0 Å². The molecule has 5 nitrogen and oxygen atoms in total. The monoisotopic (exact) mass is 478 g/mol. The lowest BCUT2D eigenvalue weighted by Gasteiger charge is -2.28. The predicted molar refractivity (Wildman–Crippen MR) is 121 cm³/mol. The summed E-state index contributed by atoms with van der Waals surface area (Å²) in [5, 5.41) is 11.0. The van der Waals surface area contributed by atoms with E-state index in [0.717, 1.165) is 64.6 Å². The number of anilines is 1. The van der Waals surface area contributed by atoms with Crippen LogP contribution in [0.2, 0.25) is 0 Å². The van der Waals surface area contributed by atoms with Gasteiger partial charge in [0, 0.05) is 44.5 Å². The molecule has 0 bridgehead atoms. The molecule has 0 radical (unpaired) electrons. The second-order valence-corrected chi connectivity index (χ2v) is 10.1. The summed E-state index contributed by atoms with van der Waals surface area (Å²) >= 11 is 0. The molecule has 3 fully saturated rings. The standard InChI is InChI=1S/C25H30F4N4O/c1-15-8-19(26)2-3-21(15)23-11-22(25(27,28)29)24(32-31-23)30-20-9-17-13-33(14-18(17)10-20)12-16-4-6-34-7-5-16/h2-3,8,11,16-18,20H,4-7,9-10,12-14H2,1H3,(H,30,32)/t17-,18+,20-. The number of hydrogen-bond acceptors (Lipinski definition) is 5. The molecule has 1 aromatic carbocycles. The number of fused-ring (bicyclic) bond motifs is 1. The van der Waals surface area contributed by atoms with Gasteiger partial charge in [0.15, 0.2) is 5.82 Å². The Morgan fingerprint density at radius 2 is 1.76 bits per heavy atom. The molecule has 1 N–H and O–H groups in total. The van der Waals surface area contributed by atoms with Crippen LogP contribution in [0.1, 0.15) is 36.8 Å². The molecule has 5 rings (SSSR count). The Hall–Kier alpha value is -2.26. The Labute approximate surface area is 196 Å². The summed E-state index contributed by atoms with van der Waals surface area (Å²) in [6.45, 7) is 6.46. The Morgan fingerprint density at radius 3 is 2.41 bits per heavy atom. The summed E-state index contributed by atoms with van der Waals surface area (Å²) < 4.78 is 60.6. The number of alkyl halides is 3. The Balaban J connectivity index is 1.26. The van der Waals surface area contributed by atoms with E-state index >= 15 is 0 Å². The van der Waals surface area contributed by atoms with Crippen molar-refractivity contribution in [1.29, 1.82) is 0 Å². The van der Waals surface area contributed by atoms with E-state index in [1.807, 2.05) is 0 Å².